The van der Waals surface area contributed by atoms with E-state index in [0.29, 0.717) is 21.5 Å². The first-order valence-corrected chi connectivity index (χ1v) is 8.04. The number of halogens is 2. The van der Waals surface area contributed by atoms with Gasteiger partial charge in [0.05, 0.1) is 10.0 Å². The molecule has 0 amide bonds. The van der Waals surface area contributed by atoms with E-state index in [1.54, 1.807) is 0 Å². The smallest absolute Gasteiger partial charge is 0.153 e. The van der Waals surface area contributed by atoms with Crippen LogP contribution in [0.1, 0.15) is 12.8 Å². The zero-order valence-corrected chi connectivity index (χ0v) is 13.5. The van der Waals surface area contributed by atoms with Crippen LogP contribution in [0.25, 0.3) is 0 Å². The van der Waals surface area contributed by atoms with Crippen molar-refractivity contribution in [2.24, 2.45) is 0 Å². The summed E-state index contributed by atoms with van der Waals surface area (Å²) in [5.41, 5.74) is 0. The number of piperidine rings is 1. The molecule has 0 saturated carbocycles. The molecule has 0 bridgehead atoms. The SMILES string of the molecule is Clc1ccccc1OC1CCNC(Oc2ccccc2Cl)C1. The molecule has 3 rings (SSSR count). The number of rotatable bonds is 4. The average Bonchev–Trinajstić information content (AvgIpc) is 2.52. The van der Waals surface area contributed by atoms with Gasteiger partial charge in [0.2, 0.25) is 0 Å². The fourth-order valence-electron chi connectivity index (χ4n) is 2.46. The summed E-state index contributed by atoms with van der Waals surface area (Å²) in [6, 6.07) is 15.0. The van der Waals surface area contributed by atoms with Gasteiger partial charge in [-0.25, -0.2) is 0 Å². The van der Waals surface area contributed by atoms with Crippen LogP contribution in [0.2, 0.25) is 10.0 Å². The van der Waals surface area contributed by atoms with E-state index < -0.39 is 0 Å². The Bertz CT molecular complexity index is 582. The molecule has 1 heterocycles. The summed E-state index contributed by atoms with van der Waals surface area (Å²) >= 11 is 12.3. The first kappa shape index (κ1) is 15.5. The highest BCUT2D eigenvalue weighted by Crippen LogP contribution is 2.28. The Labute approximate surface area is 140 Å². The maximum atomic E-state index is 6.14. The van der Waals surface area contributed by atoms with E-state index in [-0.39, 0.29) is 12.3 Å². The van der Waals surface area contributed by atoms with Crippen molar-refractivity contribution in [2.75, 3.05) is 6.54 Å². The Kier molecular flexibility index (Phi) is 5.08. The Morgan fingerprint density at radius 1 is 0.864 bits per heavy atom. The van der Waals surface area contributed by atoms with Gasteiger partial charge in [-0.05, 0) is 30.7 Å². The molecule has 2 aromatic carbocycles. The van der Waals surface area contributed by atoms with E-state index in [9.17, 15) is 0 Å². The molecule has 2 atom stereocenters. The number of benzene rings is 2. The second-order valence-electron chi connectivity index (χ2n) is 5.19. The van der Waals surface area contributed by atoms with Gasteiger partial charge >= 0.3 is 0 Å². The van der Waals surface area contributed by atoms with Crippen LogP contribution in [-0.4, -0.2) is 18.9 Å². The molecule has 5 heteroatoms. The van der Waals surface area contributed by atoms with Crippen molar-refractivity contribution in [3.8, 4) is 11.5 Å². The third-order valence-electron chi connectivity index (χ3n) is 3.55. The summed E-state index contributed by atoms with van der Waals surface area (Å²) in [6.07, 6.45) is 1.58. The highest BCUT2D eigenvalue weighted by Gasteiger charge is 2.25. The van der Waals surface area contributed by atoms with E-state index in [2.05, 4.69) is 5.32 Å². The van der Waals surface area contributed by atoms with Crippen LogP contribution < -0.4 is 14.8 Å². The fourth-order valence-corrected chi connectivity index (χ4v) is 2.82. The predicted molar refractivity (Wildman–Crippen MR) is 89.0 cm³/mol. The zero-order chi connectivity index (χ0) is 15.4. The Morgan fingerprint density at radius 3 is 2.09 bits per heavy atom. The lowest BCUT2D eigenvalue weighted by Crippen LogP contribution is -2.45. The topological polar surface area (TPSA) is 30.5 Å². The summed E-state index contributed by atoms with van der Waals surface area (Å²) in [5.74, 6) is 1.40. The van der Waals surface area contributed by atoms with Crippen LogP contribution in [-0.2, 0) is 0 Å². The van der Waals surface area contributed by atoms with E-state index in [1.165, 1.54) is 0 Å². The van der Waals surface area contributed by atoms with E-state index in [4.69, 9.17) is 32.7 Å². The molecule has 2 unspecified atom stereocenters. The lowest BCUT2D eigenvalue weighted by Gasteiger charge is -2.31. The van der Waals surface area contributed by atoms with Crippen molar-refractivity contribution >= 4 is 23.2 Å². The summed E-state index contributed by atoms with van der Waals surface area (Å²) in [5, 5.41) is 4.57. The Morgan fingerprint density at radius 2 is 1.45 bits per heavy atom. The third-order valence-corrected chi connectivity index (χ3v) is 4.18. The largest absolute Gasteiger partial charge is 0.489 e. The van der Waals surface area contributed by atoms with Crippen molar-refractivity contribution in [3.63, 3.8) is 0 Å². The summed E-state index contributed by atoms with van der Waals surface area (Å²) in [4.78, 5) is 0. The quantitative estimate of drug-likeness (QED) is 0.888. The minimum atomic E-state index is -0.124. The molecule has 0 spiro atoms. The number of ether oxygens (including phenoxy) is 2. The number of nitrogens with one attached hydrogen (secondary N) is 1. The minimum Gasteiger partial charge on any atom is -0.489 e. The highest BCUT2D eigenvalue weighted by atomic mass is 35.5. The van der Waals surface area contributed by atoms with Crippen LogP contribution in [0.4, 0.5) is 0 Å². The Balaban J connectivity index is 1.62. The van der Waals surface area contributed by atoms with Crippen molar-refractivity contribution in [1.29, 1.82) is 0 Å². The lowest BCUT2D eigenvalue weighted by molar-refractivity contribution is 0.0559. The maximum absolute atomic E-state index is 6.14. The van der Waals surface area contributed by atoms with Gasteiger partial charge in [0.1, 0.15) is 17.6 Å². The van der Waals surface area contributed by atoms with Gasteiger partial charge in [-0.2, -0.15) is 0 Å². The molecule has 3 nitrogen and oxygen atoms in total. The molecule has 22 heavy (non-hydrogen) atoms. The molecule has 0 aromatic heterocycles. The number of hydrogen-bond donors (Lipinski definition) is 1. The first-order valence-electron chi connectivity index (χ1n) is 7.28. The molecule has 116 valence electrons. The standard InChI is InChI=1S/C17H17Cl2NO2/c18-13-5-1-3-7-15(13)21-12-9-10-20-17(11-12)22-16-8-4-2-6-14(16)19/h1-8,12,17,20H,9-11H2. The van der Waals surface area contributed by atoms with Gasteiger partial charge in [-0.1, -0.05) is 47.5 Å². The first-order chi connectivity index (χ1) is 10.7. The van der Waals surface area contributed by atoms with Gasteiger partial charge in [0.15, 0.2) is 6.23 Å². The minimum absolute atomic E-state index is 0.0636. The maximum Gasteiger partial charge on any atom is 0.153 e. The number of para-hydroxylation sites is 2. The Hall–Kier alpha value is -1.42. The lowest BCUT2D eigenvalue weighted by atomic mass is 10.1. The van der Waals surface area contributed by atoms with Gasteiger partial charge in [0, 0.05) is 13.0 Å². The van der Waals surface area contributed by atoms with Gasteiger partial charge in [-0.15, -0.1) is 0 Å². The molecule has 1 aliphatic rings. The van der Waals surface area contributed by atoms with Crippen molar-refractivity contribution in [3.05, 3.63) is 58.6 Å². The second kappa shape index (κ2) is 7.23. The average molecular weight is 338 g/mol. The highest BCUT2D eigenvalue weighted by molar-refractivity contribution is 6.32. The molecular formula is C17H17Cl2NO2. The molecule has 1 N–H and O–H groups in total. The van der Waals surface area contributed by atoms with Crippen molar-refractivity contribution in [2.45, 2.75) is 25.2 Å². The predicted octanol–water partition coefficient (Wildman–Crippen LogP) is 4.53. The second-order valence-corrected chi connectivity index (χ2v) is 6.00. The molecule has 1 saturated heterocycles. The number of hydrogen-bond acceptors (Lipinski definition) is 3. The van der Waals surface area contributed by atoms with Gasteiger partial charge in [-0.3, -0.25) is 5.32 Å². The third kappa shape index (κ3) is 3.86. The van der Waals surface area contributed by atoms with E-state index in [0.717, 1.165) is 19.4 Å². The summed E-state index contributed by atoms with van der Waals surface area (Å²) in [7, 11) is 0. The van der Waals surface area contributed by atoms with Crippen LogP contribution in [0, 0.1) is 0 Å². The summed E-state index contributed by atoms with van der Waals surface area (Å²) in [6.45, 7) is 0.824. The van der Waals surface area contributed by atoms with Crippen LogP contribution in [0.15, 0.2) is 48.5 Å². The molecule has 1 aliphatic heterocycles. The van der Waals surface area contributed by atoms with Crippen molar-refractivity contribution < 1.29 is 9.47 Å². The zero-order valence-electron chi connectivity index (χ0n) is 12.0. The molecule has 0 radical (unpaired) electrons. The molecule has 2 aromatic rings. The van der Waals surface area contributed by atoms with E-state index >= 15 is 0 Å². The van der Waals surface area contributed by atoms with Crippen molar-refractivity contribution in [1.82, 2.24) is 5.32 Å². The monoisotopic (exact) mass is 337 g/mol. The van der Waals surface area contributed by atoms with E-state index in [1.807, 2.05) is 48.5 Å². The molecule has 0 aliphatic carbocycles. The van der Waals surface area contributed by atoms with Crippen LogP contribution >= 0.6 is 23.2 Å². The van der Waals surface area contributed by atoms with Gasteiger partial charge in [0.25, 0.3) is 0 Å². The van der Waals surface area contributed by atoms with Crippen LogP contribution in [0.3, 0.4) is 0 Å². The van der Waals surface area contributed by atoms with Crippen LogP contribution in [0.5, 0.6) is 11.5 Å². The van der Waals surface area contributed by atoms with Gasteiger partial charge < -0.3 is 9.47 Å². The summed E-state index contributed by atoms with van der Waals surface area (Å²) < 4.78 is 11.9. The normalized spacial score (nSPS) is 21.4. The molecular weight excluding hydrogens is 321 g/mol. The molecule has 1 fully saturated rings. The fraction of sp³-hybridized carbons (Fsp3) is 0.294.